The minimum absolute atomic E-state index is 0.0619. The molecule has 5 heteroatoms. The molecule has 0 aliphatic rings. The van der Waals surface area contributed by atoms with Crippen molar-refractivity contribution in [1.82, 2.24) is 0 Å². The summed E-state index contributed by atoms with van der Waals surface area (Å²) >= 11 is 5.89. The Bertz CT molecular complexity index is 635. The summed E-state index contributed by atoms with van der Waals surface area (Å²) in [7, 11) is 0. The lowest BCUT2D eigenvalue weighted by Gasteiger charge is -2.10. The fourth-order valence-corrected chi connectivity index (χ4v) is 1.93. The molecule has 0 spiro atoms. The molecular weight excluding hydrogens is 283 g/mol. The first-order valence-corrected chi connectivity index (χ1v) is 6.26. The molecular formula is C15H12ClFO3. The number of phenols is 1. The van der Waals surface area contributed by atoms with Gasteiger partial charge in [-0.25, -0.2) is 4.39 Å². The van der Waals surface area contributed by atoms with Crippen molar-refractivity contribution >= 4 is 17.4 Å². The number of carbonyl (C=O) groups is 1. The molecule has 3 nitrogen and oxygen atoms in total. The Labute approximate surface area is 120 Å². The molecule has 0 heterocycles. The maximum absolute atomic E-state index is 13.6. The monoisotopic (exact) mass is 294 g/mol. The van der Waals surface area contributed by atoms with Crippen LogP contribution in [0.25, 0.3) is 0 Å². The third kappa shape index (κ3) is 3.08. The highest BCUT2D eigenvalue weighted by Gasteiger charge is 2.10. The summed E-state index contributed by atoms with van der Waals surface area (Å²) in [5.74, 6) is -0.499. The number of halogens is 2. The van der Waals surface area contributed by atoms with Crippen molar-refractivity contribution in [3.8, 4) is 11.5 Å². The number of rotatable bonds is 4. The number of phenolic OH excluding ortho intramolecular Hbond substituents is 1. The van der Waals surface area contributed by atoms with Gasteiger partial charge >= 0.3 is 0 Å². The molecule has 0 radical (unpaired) electrons. The summed E-state index contributed by atoms with van der Waals surface area (Å²) in [6.45, 7) is 1.28. The van der Waals surface area contributed by atoms with E-state index in [-0.39, 0.29) is 34.3 Å². The van der Waals surface area contributed by atoms with E-state index in [0.29, 0.717) is 5.75 Å². The highest BCUT2D eigenvalue weighted by atomic mass is 35.5. The van der Waals surface area contributed by atoms with Crippen molar-refractivity contribution in [1.29, 1.82) is 0 Å². The van der Waals surface area contributed by atoms with Crippen LogP contribution in [0.15, 0.2) is 36.4 Å². The van der Waals surface area contributed by atoms with Gasteiger partial charge in [0.2, 0.25) is 0 Å². The van der Waals surface area contributed by atoms with Crippen LogP contribution in [0, 0.1) is 5.82 Å². The van der Waals surface area contributed by atoms with Crippen LogP contribution in [-0.2, 0) is 6.61 Å². The van der Waals surface area contributed by atoms with Gasteiger partial charge in [-0.1, -0.05) is 17.7 Å². The highest BCUT2D eigenvalue weighted by molar-refractivity contribution is 6.31. The number of hydrogen-bond donors (Lipinski definition) is 1. The van der Waals surface area contributed by atoms with Crippen molar-refractivity contribution in [2.24, 2.45) is 0 Å². The zero-order valence-corrected chi connectivity index (χ0v) is 11.4. The fraction of sp³-hybridized carbons (Fsp3) is 0.133. The van der Waals surface area contributed by atoms with E-state index in [1.165, 1.54) is 37.3 Å². The molecule has 0 aromatic heterocycles. The molecule has 0 amide bonds. The van der Waals surface area contributed by atoms with Crippen molar-refractivity contribution in [3.05, 3.63) is 58.4 Å². The van der Waals surface area contributed by atoms with Crippen LogP contribution in [0.3, 0.4) is 0 Å². The molecule has 104 valence electrons. The van der Waals surface area contributed by atoms with Crippen LogP contribution >= 0.6 is 11.6 Å². The lowest BCUT2D eigenvalue weighted by molar-refractivity contribution is 0.101. The van der Waals surface area contributed by atoms with Gasteiger partial charge in [-0.05, 0) is 37.3 Å². The summed E-state index contributed by atoms with van der Waals surface area (Å²) in [5.41, 5.74) is 0.397. The van der Waals surface area contributed by atoms with Gasteiger partial charge in [-0.2, -0.15) is 0 Å². The summed E-state index contributed by atoms with van der Waals surface area (Å²) in [5, 5.41) is 9.80. The van der Waals surface area contributed by atoms with E-state index in [1.807, 2.05) is 0 Å². The molecule has 20 heavy (non-hydrogen) atoms. The van der Waals surface area contributed by atoms with E-state index in [9.17, 15) is 14.3 Å². The SMILES string of the molecule is CC(=O)c1cc(OCc2c(F)cccc2Cl)ccc1O. The molecule has 0 aliphatic heterocycles. The average molecular weight is 295 g/mol. The van der Waals surface area contributed by atoms with Crippen LogP contribution < -0.4 is 4.74 Å². The lowest BCUT2D eigenvalue weighted by Crippen LogP contribution is -2.01. The molecule has 2 aromatic carbocycles. The van der Waals surface area contributed by atoms with Gasteiger partial charge in [-0.3, -0.25) is 4.79 Å². The number of Topliss-reactive ketones (excluding diaryl/α,β-unsaturated/α-hetero) is 1. The van der Waals surface area contributed by atoms with Crippen LogP contribution in [0.2, 0.25) is 5.02 Å². The topological polar surface area (TPSA) is 46.5 Å². The second-order valence-corrected chi connectivity index (χ2v) is 4.63. The van der Waals surface area contributed by atoms with Crippen molar-refractivity contribution in [3.63, 3.8) is 0 Å². The smallest absolute Gasteiger partial charge is 0.163 e. The predicted molar refractivity (Wildman–Crippen MR) is 73.9 cm³/mol. The fourth-order valence-electron chi connectivity index (χ4n) is 1.71. The minimum atomic E-state index is -0.455. The molecule has 1 N–H and O–H groups in total. The highest BCUT2D eigenvalue weighted by Crippen LogP contribution is 2.25. The zero-order valence-electron chi connectivity index (χ0n) is 10.7. The molecule has 2 rings (SSSR count). The first kappa shape index (κ1) is 14.3. The number of hydrogen-bond acceptors (Lipinski definition) is 3. The number of aromatic hydroxyl groups is 1. The van der Waals surface area contributed by atoms with Crippen molar-refractivity contribution in [2.75, 3.05) is 0 Å². The number of ketones is 1. The Morgan fingerprint density at radius 2 is 2.10 bits per heavy atom. The van der Waals surface area contributed by atoms with Crippen molar-refractivity contribution in [2.45, 2.75) is 13.5 Å². The van der Waals surface area contributed by atoms with Crippen LogP contribution in [-0.4, -0.2) is 10.9 Å². The quantitative estimate of drug-likeness (QED) is 0.868. The standard InChI is InChI=1S/C15H12ClFO3/c1-9(18)11-7-10(5-6-15(11)19)20-8-12-13(16)3-2-4-14(12)17/h2-7,19H,8H2,1H3. The summed E-state index contributed by atoms with van der Waals surface area (Å²) < 4.78 is 19.0. The third-order valence-corrected chi connectivity index (χ3v) is 3.15. The van der Waals surface area contributed by atoms with Crippen LogP contribution in [0.4, 0.5) is 4.39 Å². The van der Waals surface area contributed by atoms with Gasteiger partial charge in [-0.15, -0.1) is 0 Å². The van der Waals surface area contributed by atoms with E-state index >= 15 is 0 Å². The summed E-state index contributed by atoms with van der Waals surface area (Å²) in [6.07, 6.45) is 0. The Kier molecular flexibility index (Phi) is 4.25. The normalized spacial score (nSPS) is 10.3. The lowest BCUT2D eigenvalue weighted by atomic mass is 10.1. The zero-order chi connectivity index (χ0) is 14.7. The first-order chi connectivity index (χ1) is 9.49. The minimum Gasteiger partial charge on any atom is -0.507 e. The first-order valence-electron chi connectivity index (χ1n) is 5.88. The molecule has 0 saturated heterocycles. The van der Waals surface area contributed by atoms with Gasteiger partial charge in [0.05, 0.1) is 10.6 Å². The van der Waals surface area contributed by atoms with Gasteiger partial charge in [0.1, 0.15) is 23.9 Å². The molecule has 0 fully saturated rings. The van der Waals surface area contributed by atoms with E-state index in [0.717, 1.165) is 0 Å². The largest absolute Gasteiger partial charge is 0.507 e. The second-order valence-electron chi connectivity index (χ2n) is 4.22. The second kappa shape index (κ2) is 5.92. The summed E-state index contributed by atoms with van der Waals surface area (Å²) in [6, 6.07) is 8.64. The van der Waals surface area contributed by atoms with Gasteiger partial charge in [0.25, 0.3) is 0 Å². The number of ether oxygens (including phenoxy) is 1. The van der Waals surface area contributed by atoms with E-state index in [1.54, 1.807) is 6.07 Å². The third-order valence-electron chi connectivity index (χ3n) is 2.79. The molecule has 0 atom stereocenters. The summed E-state index contributed by atoms with van der Waals surface area (Å²) in [4.78, 5) is 11.3. The predicted octanol–water partition coefficient (Wildman–Crippen LogP) is 3.97. The van der Waals surface area contributed by atoms with Gasteiger partial charge in [0.15, 0.2) is 5.78 Å². The molecule has 0 saturated carbocycles. The molecule has 0 bridgehead atoms. The van der Waals surface area contributed by atoms with Crippen LogP contribution in [0.1, 0.15) is 22.8 Å². The van der Waals surface area contributed by atoms with E-state index in [4.69, 9.17) is 16.3 Å². The Morgan fingerprint density at radius 1 is 1.35 bits per heavy atom. The Hall–Kier alpha value is -2.07. The van der Waals surface area contributed by atoms with Gasteiger partial charge in [0, 0.05) is 5.56 Å². The van der Waals surface area contributed by atoms with E-state index < -0.39 is 5.82 Å². The van der Waals surface area contributed by atoms with Crippen LogP contribution in [0.5, 0.6) is 11.5 Å². The Balaban J connectivity index is 2.19. The maximum atomic E-state index is 13.6. The molecule has 0 aliphatic carbocycles. The van der Waals surface area contributed by atoms with Gasteiger partial charge < -0.3 is 9.84 Å². The number of benzene rings is 2. The van der Waals surface area contributed by atoms with E-state index in [2.05, 4.69) is 0 Å². The van der Waals surface area contributed by atoms with Crippen molar-refractivity contribution < 1.29 is 19.0 Å². The average Bonchev–Trinajstić information content (AvgIpc) is 2.39. The maximum Gasteiger partial charge on any atom is 0.163 e. The number of carbonyl (C=O) groups excluding carboxylic acids is 1. The molecule has 2 aromatic rings. The Morgan fingerprint density at radius 3 is 2.75 bits per heavy atom. The molecule has 0 unspecified atom stereocenters.